The van der Waals surface area contributed by atoms with Crippen LogP contribution in [0.25, 0.3) is 0 Å². The molecule has 0 aliphatic heterocycles. The number of carbonyl (C=O) groups excluding carboxylic acids is 1. The third-order valence-electron chi connectivity index (χ3n) is 4.99. The Hall–Kier alpha value is -1.85. The van der Waals surface area contributed by atoms with Gasteiger partial charge in [0.2, 0.25) is 0 Å². The Morgan fingerprint density at radius 1 is 1.38 bits per heavy atom. The van der Waals surface area contributed by atoms with Gasteiger partial charge in [0.1, 0.15) is 11.3 Å². The second-order valence-corrected chi connectivity index (χ2v) is 6.11. The first-order valence-electron chi connectivity index (χ1n) is 7.51. The molecule has 2 aliphatic carbocycles. The predicted molar refractivity (Wildman–Crippen MR) is 73.8 cm³/mol. The fourth-order valence-corrected chi connectivity index (χ4v) is 4.03. The summed E-state index contributed by atoms with van der Waals surface area (Å²) in [5.74, 6) is -0.547. The van der Waals surface area contributed by atoms with Gasteiger partial charge in [0.15, 0.2) is 0 Å². The lowest BCUT2D eigenvalue weighted by Crippen LogP contribution is -2.47. The Bertz CT molecular complexity index is 580. The minimum absolute atomic E-state index is 0.201. The Morgan fingerprint density at radius 3 is 2.76 bits per heavy atom. The van der Waals surface area contributed by atoms with Crippen molar-refractivity contribution in [1.29, 1.82) is 0 Å². The molecular formula is C15H20N2O4. The minimum atomic E-state index is -0.801. The monoisotopic (exact) mass is 292 g/mol. The Kier molecular flexibility index (Phi) is 3.47. The zero-order valence-electron chi connectivity index (χ0n) is 12.3. The van der Waals surface area contributed by atoms with Crippen molar-refractivity contribution in [3.05, 3.63) is 17.0 Å². The number of carbonyl (C=O) groups is 2. The van der Waals surface area contributed by atoms with Gasteiger partial charge in [0, 0.05) is 6.04 Å². The third-order valence-corrected chi connectivity index (χ3v) is 4.99. The number of fused-ring (bicyclic) bond motifs is 2. The molecule has 0 spiro atoms. The van der Waals surface area contributed by atoms with Crippen molar-refractivity contribution in [1.82, 2.24) is 10.5 Å². The van der Waals surface area contributed by atoms with Gasteiger partial charge >= 0.3 is 5.97 Å². The lowest BCUT2D eigenvalue weighted by atomic mass is 9.84. The molecule has 6 heteroatoms. The van der Waals surface area contributed by atoms with Crippen LogP contribution in [0.5, 0.6) is 0 Å². The third kappa shape index (κ3) is 2.22. The van der Waals surface area contributed by atoms with E-state index in [0.717, 1.165) is 19.3 Å². The Labute approximate surface area is 122 Å². The topological polar surface area (TPSA) is 92.4 Å². The van der Waals surface area contributed by atoms with Crippen LogP contribution in [0.15, 0.2) is 4.52 Å². The van der Waals surface area contributed by atoms with Crippen molar-refractivity contribution < 1.29 is 19.2 Å². The van der Waals surface area contributed by atoms with Crippen LogP contribution in [0.2, 0.25) is 0 Å². The largest absolute Gasteiger partial charge is 0.481 e. The summed E-state index contributed by atoms with van der Waals surface area (Å²) in [7, 11) is 0. The highest BCUT2D eigenvalue weighted by atomic mass is 16.5. The van der Waals surface area contributed by atoms with E-state index in [1.807, 2.05) is 6.92 Å². The maximum absolute atomic E-state index is 12.5. The van der Waals surface area contributed by atoms with Gasteiger partial charge in [-0.05, 0) is 44.4 Å². The van der Waals surface area contributed by atoms with E-state index < -0.39 is 11.9 Å². The van der Waals surface area contributed by atoms with E-state index in [9.17, 15) is 14.7 Å². The van der Waals surface area contributed by atoms with E-state index >= 15 is 0 Å². The van der Waals surface area contributed by atoms with Crippen molar-refractivity contribution >= 4 is 11.9 Å². The van der Waals surface area contributed by atoms with Crippen LogP contribution in [0, 0.1) is 24.7 Å². The van der Waals surface area contributed by atoms with Crippen molar-refractivity contribution in [3.63, 3.8) is 0 Å². The zero-order chi connectivity index (χ0) is 15.1. The summed E-state index contributed by atoms with van der Waals surface area (Å²) in [5.41, 5.74) is 1.09. The molecule has 1 amide bonds. The van der Waals surface area contributed by atoms with E-state index in [1.165, 1.54) is 0 Å². The first-order valence-corrected chi connectivity index (χ1v) is 7.51. The summed E-state index contributed by atoms with van der Waals surface area (Å²) in [5, 5.41) is 16.2. The number of amides is 1. The molecule has 2 N–H and O–H groups in total. The molecular weight excluding hydrogens is 272 g/mol. The molecule has 2 aliphatic rings. The lowest BCUT2D eigenvalue weighted by Gasteiger charge is -2.28. The van der Waals surface area contributed by atoms with Crippen molar-refractivity contribution in [3.8, 4) is 0 Å². The molecule has 4 atom stereocenters. The predicted octanol–water partition coefficient (Wildman–Crippen LogP) is 1.77. The van der Waals surface area contributed by atoms with E-state index in [1.54, 1.807) is 6.92 Å². The molecule has 1 aromatic rings. The molecule has 0 radical (unpaired) electrons. The number of nitrogens with one attached hydrogen (secondary N) is 1. The summed E-state index contributed by atoms with van der Waals surface area (Å²) < 4.78 is 5.08. The molecule has 2 fully saturated rings. The molecule has 2 saturated carbocycles. The average Bonchev–Trinajstić information content (AvgIpc) is 3.11. The standard InChI is InChI=1S/C15H20N2O4/c1-3-10-11(7(2)21-17-10)14(18)16-13-9-5-4-8(6-9)12(13)15(19)20/h8-9,12-13H,3-6H2,1-2H3,(H,16,18)(H,19,20). The number of hydrogen-bond acceptors (Lipinski definition) is 4. The number of hydrogen-bond donors (Lipinski definition) is 2. The van der Waals surface area contributed by atoms with Crippen LogP contribution in [0.3, 0.4) is 0 Å². The maximum atomic E-state index is 12.5. The number of aliphatic carboxylic acids is 1. The van der Waals surface area contributed by atoms with Crippen LogP contribution in [0.1, 0.15) is 48.0 Å². The van der Waals surface area contributed by atoms with Crippen LogP contribution < -0.4 is 5.32 Å². The average molecular weight is 292 g/mol. The van der Waals surface area contributed by atoms with Crippen LogP contribution in [-0.4, -0.2) is 28.2 Å². The first kappa shape index (κ1) is 14.1. The molecule has 114 valence electrons. The molecule has 0 aromatic carbocycles. The highest BCUT2D eigenvalue weighted by Gasteiger charge is 2.51. The van der Waals surface area contributed by atoms with Gasteiger partial charge < -0.3 is 14.9 Å². The number of aryl methyl sites for hydroxylation is 2. The number of nitrogens with zero attached hydrogens (tertiary/aromatic N) is 1. The lowest BCUT2D eigenvalue weighted by molar-refractivity contribution is -0.144. The number of aromatic nitrogens is 1. The molecule has 2 bridgehead atoms. The van der Waals surface area contributed by atoms with E-state index in [2.05, 4.69) is 10.5 Å². The number of carboxylic acids is 1. The number of rotatable bonds is 4. The summed E-state index contributed by atoms with van der Waals surface area (Å²) in [6.45, 7) is 3.61. The van der Waals surface area contributed by atoms with Gasteiger partial charge in [0.05, 0.1) is 11.6 Å². The maximum Gasteiger partial charge on any atom is 0.308 e. The molecule has 21 heavy (non-hydrogen) atoms. The van der Waals surface area contributed by atoms with Gasteiger partial charge in [-0.1, -0.05) is 12.1 Å². The van der Waals surface area contributed by atoms with Crippen LogP contribution >= 0.6 is 0 Å². The van der Waals surface area contributed by atoms with E-state index in [0.29, 0.717) is 23.4 Å². The van der Waals surface area contributed by atoms with Crippen LogP contribution in [-0.2, 0) is 11.2 Å². The van der Waals surface area contributed by atoms with Crippen molar-refractivity contribution in [2.45, 2.75) is 45.6 Å². The zero-order valence-corrected chi connectivity index (χ0v) is 12.3. The van der Waals surface area contributed by atoms with Gasteiger partial charge in [-0.15, -0.1) is 0 Å². The first-order chi connectivity index (χ1) is 10.0. The molecule has 0 saturated heterocycles. The second kappa shape index (κ2) is 5.16. The smallest absolute Gasteiger partial charge is 0.308 e. The van der Waals surface area contributed by atoms with Gasteiger partial charge in [-0.3, -0.25) is 9.59 Å². The van der Waals surface area contributed by atoms with Crippen molar-refractivity contribution in [2.24, 2.45) is 17.8 Å². The van der Waals surface area contributed by atoms with Crippen molar-refractivity contribution in [2.75, 3.05) is 0 Å². The summed E-state index contributed by atoms with van der Waals surface area (Å²) in [6.07, 6.45) is 3.48. The minimum Gasteiger partial charge on any atom is -0.481 e. The summed E-state index contributed by atoms with van der Waals surface area (Å²) in [4.78, 5) is 24.0. The SMILES string of the molecule is CCc1noc(C)c1C(=O)NC1C2CCC(C2)C1C(=O)O. The fourth-order valence-electron chi connectivity index (χ4n) is 4.03. The normalized spacial score (nSPS) is 30.6. The number of carboxylic acid groups (broad SMARTS) is 1. The summed E-state index contributed by atoms with van der Waals surface area (Å²) >= 11 is 0. The van der Waals surface area contributed by atoms with Gasteiger partial charge in [-0.2, -0.15) is 0 Å². The second-order valence-electron chi connectivity index (χ2n) is 6.11. The Balaban J connectivity index is 1.81. The van der Waals surface area contributed by atoms with Gasteiger partial charge in [-0.25, -0.2) is 0 Å². The fraction of sp³-hybridized carbons (Fsp3) is 0.667. The quantitative estimate of drug-likeness (QED) is 0.882. The van der Waals surface area contributed by atoms with E-state index in [4.69, 9.17) is 4.52 Å². The molecule has 4 unspecified atom stereocenters. The van der Waals surface area contributed by atoms with E-state index in [-0.39, 0.29) is 23.8 Å². The summed E-state index contributed by atoms with van der Waals surface area (Å²) in [6, 6.07) is -0.271. The Morgan fingerprint density at radius 2 is 2.10 bits per heavy atom. The highest BCUT2D eigenvalue weighted by Crippen LogP contribution is 2.48. The van der Waals surface area contributed by atoms with Crippen LogP contribution in [0.4, 0.5) is 0 Å². The highest BCUT2D eigenvalue weighted by molar-refractivity contribution is 5.96. The molecule has 3 rings (SSSR count). The molecule has 6 nitrogen and oxygen atoms in total. The molecule has 1 heterocycles. The molecule has 1 aromatic heterocycles. The van der Waals surface area contributed by atoms with Gasteiger partial charge in [0.25, 0.3) is 5.91 Å².